The number of pyridine rings is 1. The molecule has 0 spiro atoms. The molecule has 0 aliphatic heterocycles. The third-order valence-electron chi connectivity index (χ3n) is 2.65. The summed E-state index contributed by atoms with van der Waals surface area (Å²) < 4.78 is 1.86. The molecular formula is C13H18N4S. The number of hydrogen-bond donors (Lipinski definition) is 1. The zero-order valence-corrected chi connectivity index (χ0v) is 11.6. The van der Waals surface area contributed by atoms with E-state index in [1.54, 1.807) is 6.20 Å². The van der Waals surface area contributed by atoms with Crippen molar-refractivity contribution in [1.29, 1.82) is 0 Å². The van der Waals surface area contributed by atoms with E-state index in [1.165, 1.54) is 12.2 Å². The average molecular weight is 262 g/mol. The van der Waals surface area contributed by atoms with Gasteiger partial charge in [-0.25, -0.2) is 4.68 Å². The summed E-state index contributed by atoms with van der Waals surface area (Å²) >= 11 is 1.87. The van der Waals surface area contributed by atoms with Crippen LogP contribution in [0.15, 0.2) is 30.7 Å². The number of aryl methyl sites for hydroxylation is 1. The summed E-state index contributed by atoms with van der Waals surface area (Å²) in [7, 11) is 0. The molecule has 0 atom stereocenters. The molecule has 2 rings (SSSR count). The maximum Gasteiger partial charge on any atom is 0.0829 e. The summed E-state index contributed by atoms with van der Waals surface area (Å²) in [6, 6.07) is 3.91. The van der Waals surface area contributed by atoms with Crippen LogP contribution >= 0.6 is 11.8 Å². The molecule has 0 bridgehead atoms. The van der Waals surface area contributed by atoms with E-state index < -0.39 is 0 Å². The molecule has 96 valence electrons. The minimum absolute atomic E-state index is 0.984. The summed E-state index contributed by atoms with van der Waals surface area (Å²) in [4.78, 5) is 4.10. The number of nitrogens with one attached hydrogen (secondary N) is 1. The van der Waals surface area contributed by atoms with Crippen LogP contribution in [0.25, 0.3) is 5.69 Å². The molecule has 0 aromatic carbocycles. The second-order valence-electron chi connectivity index (χ2n) is 4.06. The van der Waals surface area contributed by atoms with Crippen LogP contribution in [-0.2, 0) is 0 Å². The summed E-state index contributed by atoms with van der Waals surface area (Å²) in [6.07, 6.45) is 8.89. The van der Waals surface area contributed by atoms with Crippen LogP contribution in [0.5, 0.6) is 0 Å². The molecule has 0 aliphatic rings. The van der Waals surface area contributed by atoms with E-state index in [0.717, 1.165) is 23.6 Å². The Hall–Kier alpha value is -1.49. The van der Waals surface area contributed by atoms with Crippen molar-refractivity contribution >= 4 is 17.4 Å². The molecule has 0 aliphatic carbocycles. The number of anilines is 1. The van der Waals surface area contributed by atoms with Gasteiger partial charge in [-0.2, -0.15) is 16.9 Å². The number of thioether (sulfide) groups is 1. The summed E-state index contributed by atoms with van der Waals surface area (Å²) in [5, 5.41) is 7.91. The molecule has 2 aromatic rings. The Morgan fingerprint density at radius 3 is 3.06 bits per heavy atom. The van der Waals surface area contributed by atoms with Crippen molar-refractivity contribution in [3.63, 3.8) is 0 Å². The monoisotopic (exact) mass is 262 g/mol. The second kappa shape index (κ2) is 6.44. The first-order valence-electron chi connectivity index (χ1n) is 6.00. The van der Waals surface area contributed by atoms with Crippen LogP contribution in [-0.4, -0.2) is 33.3 Å². The Morgan fingerprint density at radius 2 is 2.33 bits per heavy atom. The van der Waals surface area contributed by atoms with Crippen molar-refractivity contribution < 1.29 is 0 Å². The highest BCUT2D eigenvalue weighted by Gasteiger charge is 2.05. The molecule has 0 saturated carbocycles. The van der Waals surface area contributed by atoms with Crippen molar-refractivity contribution in [2.24, 2.45) is 0 Å². The van der Waals surface area contributed by atoms with Gasteiger partial charge in [-0.3, -0.25) is 4.98 Å². The Balaban J connectivity index is 2.03. The lowest BCUT2D eigenvalue weighted by Crippen LogP contribution is -2.02. The Bertz CT molecular complexity index is 481. The Labute approximate surface area is 112 Å². The zero-order chi connectivity index (χ0) is 12.8. The maximum atomic E-state index is 4.49. The van der Waals surface area contributed by atoms with E-state index in [9.17, 15) is 0 Å². The first-order valence-corrected chi connectivity index (χ1v) is 7.40. The maximum absolute atomic E-state index is 4.49. The van der Waals surface area contributed by atoms with Gasteiger partial charge in [0.15, 0.2) is 0 Å². The molecule has 2 heterocycles. The largest absolute Gasteiger partial charge is 0.382 e. The van der Waals surface area contributed by atoms with Gasteiger partial charge in [0.1, 0.15) is 0 Å². The lowest BCUT2D eigenvalue weighted by atomic mass is 10.4. The van der Waals surface area contributed by atoms with Gasteiger partial charge in [-0.15, -0.1) is 0 Å². The molecule has 2 aromatic heterocycles. The lowest BCUT2D eigenvalue weighted by Gasteiger charge is -2.03. The van der Waals surface area contributed by atoms with Gasteiger partial charge in [-0.1, -0.05) is 0 Å². The van der Waals surface area contributed by atoms with Crippen LogP contribution in [0.1, 0.15) is 12.1 Å². The van der Waals surface area contributed by atoms with Crippen molar-refractivity contribution in [1.82, 2.24) is 14.8 Å². The molecule has 5 heteroatoms. The van der Waals surface area contributed by atoms with E-state index in [2.05, 4.69) is 21.7 Å². The van der Waals surface area contributed by atoms with Crippen LogP contribution in [0.3, 0.4) is 0 Å². The summed E-state index contributed by atoms with van der Waals surface area (Å²) in [5.74, 6) is 1.18. The lowest BCUT2D eigenvalue weighted by molar-refractivity contribution is 0.857. The van der Waals surface area contributed by atoms with Crippen molar-refractivity contribution in [3.05, 3.63) is 36.4 Å². The third-order valence-corrected chi connectivity index (χ3v) is 3.35. The Morgan fingerprint density at radius 1 is 1.44 bits per heavy atom. The van der Waals surface area contributed by atoms with Crippen LogP contribution in [0, 0.1) is 6.92 Å². The minimum Gasteiger partial charge on any atom is -0.382 e. The van der Waals surface area contributed by atoms with E-state index in [-0.39, 0.29) is 0 Å². The average Bonchev–Trinajstić information content (AvgIpc) is 2.77. The second-order valence-corrected chi connectivity index (χ2v) is 5.04. The van der Waals surface area contributed by atoms with Gasteiger partial charge >= 0.3 is 0 Å². The first-order chi connectivity index (χ1) is 8.81. The smallest absolute Gasteiger partial charge is 0.0829 e. The topological polar surface area (TPSA) is 42.7 Å². The van der Waals surface area contributed by atoms with Gasteiger partial charge < -0.3 is 5.32 Å². The fourth-order valence-electron chi connectivity index (χ4n) is 1.69. The van der Waals surface area contributed by atoms with Crippen LogP contribution < -0.4 is 5.32 Å². The SMILES string of the molecule is CSCCCNc1cn(-c2cccnc2)nc1C. The summed E-state index contributed by atoms with van der Waals surface area (Å²) in [5.41, 5.74) is 3.10. The number of nitrogens with zero attached hydrogens (tertiary/aromatic N) is 3. The van der Waals surface area contributed by atoms with Gasteiger partial charge in [0, 0.05) is 12.7 Å². The van der Waals surface area contributed by atoms with Gasteiger partial charge in [0.25, 0.3) is 0 Å². The molecule has 0 unspecified atom stereocenters. The molecule has 18 heavy (non-hydrogen) atoms. The predicted molar refractivity (Wildman–Crippen MR) is 77.6 cm³/mol. The van der Waals surface area contributed by atoms with Gasteiger partial charge in [0.05, 0.1) is 29.5 Å². The molecule has 0 fully saturated rings. The first kappa shape index (κ1) is 13.0. The normalized spacial score (nSPS) is 10.6. The van der Waals surface area contributed by atoms with E-state index in [1.807, 2.05) is 47.9 Å². The van der Waals surface area contributed by atoms with E-state index in [0.29, 0.717) is 0 Å². The van der Waals surface area contributed by atoms with Gasteiger partial charge in [0.2, 0.25) is 0 Å². The molecule has 0 saturated heterocycles. The highest BCUT2D eigenvalue weighted by molar-refractivity contribution is 7.98. The standard InChI is InChI=1S/C13H18N4S/c1-11-13(15-7-4-8-18-2)10-17(16-11)12-5-3-6-14-9-12/h3,5-6,9-10,15H,4,7-8H2,1-2H3. The number of hydrogen-bond acceptors (Lipinski definition) is 4. The molecule has 0 radical (unpaired) electrons. The molecule has 4 nitrogen and oxygen atoms in total. The highest BCUT2D eigenvalue weighted by Crippen LogP contribution is 2.15. The summed E-state index contributed by atoms with van der Waals surface area (Å²) in [6.45, 7) is 3.00. The van der Waals surface area contributed by atoms with Crippen molar-refractivity contribution in [2.45, 2.75) is 13.3 Å². The fraction of sp³-hybridized carbons (Fsp3) is 0.385. The zero-order valence-electron chi connectivity index (χ0n) is 10.8. The number of aromatic nitrogens is 3. The fourth-order valence-corrected chi connectivity index (χ4v) is 2.13. The van der Waals surface area contributed by atoms with E-state index >= 15 is 0 Å². The highest BCUT2D eigenvalue weighted by atomic mass is 32.2. The number of rotatable bonds is 6. The van der Waals surface area contributed by atoms with Crippen LogP contribution in [0.4, 0.5) is 5.69 Å². The molecular weight excluding hydrogens is 244 g/mol. The molecule has 0 amide bonds. The third kappa shape index (κ3) is 3.26. The van der Waals surface area contributed by atoms with Crippen molar-refractivity contribution in [2.75, 3.05) is 23.9 Å². The van der Waals surface area contributed by atoms with Gasteiger partial charge in [-0.05, 0) is 37.5 Å². The minimum atomic E-state index is 0.984. The van der Waals surface area contributed by atoms with Crippen molar-refractivity contribution in [3.8, 4) is 5.69 Å². The van der Waals surface area contributed by atoms with E-state index in [4.69, 9.17) is 0 Å². The quantitative estimate of drug-likeness (QED) is 0.813. The molecule has 1 N–H and O–H groups in total. The Kier molecular flexibility index (Phi) is 4.64. The predicted octanol–water partition coefficient (Wildman–Crippen LogP) is 2.74. The van der Waals surface area contributed by atoms with Crippen LogP contribution in [0.2, 0.25) is 0 Å².